The molecule has 2 atom stereocenters. The molecule has 2 unspecified atom stereocenters. The van der Waals surface area contributed by atoms with Gasteiger partial charge in [-0.15, -0.1) is 0 Å². The first kappa shape index (κ1) is 13.9. The summed E-state index contributed by atoms with van der Waals surface area (Å²) < 4.78 is 5.53. The Balaban J connectivity index is 2.03. The molecule has 1 aromatic heterocycles. The fourth-order valence-corrected chi connectivity index (χ4v) is 2.87. The molecule has 0 spiro atoms. The summed E-state index contributed by atoms with van der Waals surface area (Å²) in [6.45, 7) is 2.42. The van der Waals surface area contributed by atoms with Gasteiger partial charge in [0.1, 0.15) is 5.58 Å². The van der Waals surface area contributed by atoms with Gasteiger partial charge >= 0.3 is 0 Å². The van der Waals surface area contributed by atoms with Gasteiger partial charge in [0.15, 0.2) is 0 Å². The highest BCUT2D eigenvalue weighted by molar-refractivity contribution is 5.81. The highest BCUT2D eigenvalue weighted by atomic mass is 16.3. The first-order valence-electron chi connectivity index (χ1n) is 7.12. The number of aryl methyl sites for hydroxylation is 1. The van der Waals surface area contributed by atoms with Gasteiger partial charge in [0.25, 0.3) is 0 Å². The van der Waals surface area contributed by atoms with Crippen molar-refractivity contribution < 1.29 is 9.52 Å². The molecule has 0 aliphatic rings. The van der Waals surface area contributed by atoms with E-state index in [0.717, 1.165) is 27.7 Å². The zero-order valence-electron chi connectivity index (χ0n) is 12.0. The molecule has 0 radical (unpaired) electrons. The maximum atomic E-state index is 10.8. The second-order valence-electron chi connectivity index (χ2n) is 5.33. The zero-order valence-corrected chi connectivity index (χ0v) is 12.0. The Morgan fingerprint density at radius 3 is 2.52 bits per heavy atom. The first-order valence-corrected chi connectivity index (χ1v) is 7.12. The van der Waals surface area contributed by atoms with Crippen molar-refractivity contribution in [3.05, 3.63) is 71.5 Å². The van der Waals surface area contributed by atoms with Crippen LogP contribution in [0.5, 0.6) is 0 Å². The number of nitrogens with two attached hydrogens (primary N) is 1. The number of benzene rings is 2. The normalized spacial score (nSPS) is 14.2. The van der Waals surface area contributed by atoms with E-state index in [-0.39, 0.29) is 5.92 Å². The van der Waals surface area contributed by atoms with Gasteiger partial charge in [-0.25, -0.2) is 0 Å². The van der Waals surface area contributed by atoms with Gasteiger partial charge in [-0.05, 0) is 24.1 Å². The van der Waals surface area contributed by atoms with Crippen LogP contribution in [0.3, 0.4) is 0 Å². The van der Waals surface area contributed by atoms with E-state index in [1.165, 1.54) is 0 Å². The third kappa shape index (κ3) is 2.46. The molecule has 3 N–H and O–H groups in total. The minimum absolute atomic E-state index is 0.146. The van der Waals surface area contributed by atoms with Gasteiger partial charge in [-0.2, -0.15) is 0 Å². The van der Waals surface area contributed by atoms with Crippen LogP contribution >= 0.6 is 0 Å². The fraction of sp³-hybridized carbons (Fsp3) is 0.222. The minimum Gasteiger partial charge on any atom is -0.464 e. The van der Waals surface area contributed by atoms with Crippen molar-refractivity contribution in [2.24, 2.45) is 5.73 Å². The number of fused-ring (bicyclic) bond motifs is 1. The van der Waals surface area contributed by atoms with Crippen molar-refractivity contribution in [3.8, 4) is 0 Å². The van der Waals surface area contributed by atoms with Crippen molar-refractivity contribution in [1.29, 1.82) is 0 Å². The topological polar surface area (TPSA) is 59.4 Å². The lowest BCUT2D eigenvalue weighted by molar-refractivity contribution is 0.147. The molecule has 21 heavy (non-hydrogen) atoms. The molecule has 3 nitrogen and oxygen atoms in total. The summed E-state index contributed by atoms with van der Waals surface area (Å²) in [4.78, 5) is 0. The third-order valence-electron chi connectivity index (χ3n) is 4.05. The molecule has 108 valence electrons. The Labute approximate surface area is 124 Å². The lowest BCUT2D eigenvalue weighted by Gasteiger charge is -2.23. The van der Waals surface area contributed by atoms with Crippen LogP contribution in [-0.2, 0) is 0 Å². The van der Waals surface area contributed by atoms with Crippen molar-refractivity contribution in [1.82, 2.24) is 0 Å². The smallest absolute Gasteiger partial charge is 0.134 e. The number of rotatable bonds is 4. The number of hydrogen-bond acceptors (Lipinski definition) is 3. The second kappa shape index (κ2) is 5.72. The van der Waals surface area contributed by atoms with Gasteiger partial charge in [-0.1, -0.05) is 42.5 Å². The second-order valence-corrected chi connectivity index (χ2v) is 5.33. The number of aliphatic hydroxyl groups is 1. The van der Waals surface area contributed by atoms with E-state index in [1.807, 2.05) is 55.5 Å². The molecule has 3 aromatic rings. The van der Waals surface area contributed by atoms with Crippen LogP contribution < -0.4 is 5.73 Å². The Kier molecular flexibility index (Phi) is 3.78. The minimum atomic E-state index is -0.681. The van der Waals surface area contributed by atoms with Crippen LogP contribution in [0, 0.1) is 6.92 Å². The van der Waals surface area contributed by atoms with Crippen LogP contribution in [0.25, 0.3) is 11.0 Å². The summed E-state index contributed by atoms with van der Waals surface area (Å²) in [6, 6.07) is 15.8. The van der Waals surface area contributed by atoms with E-state index in [9.17, 15) is 5.11 Å². The number of hydrogen-bond donors (Lipinski definition) is 2. The Morgan fingerprint density at radius 1 is 1.05 bits per heavy atom. The Hall–Kier alpha value is -2.10. The van der Waals surface area contributed by atoms with Gasteiger partial charge in [0.05, 0.1) is 12.4 Å². The molecular formula is C18H19NO2. The third-order valence-corrected chi connectivity index (χ3v) is 4.05. The summed E-state index contributed by atoms with van der Waals surface area (Å²) in [5, 5.41) is 11.7. The van der Waals surface area contributed by atoms with E-state index in [1.54, 1.807) is 6.26 Å². The van der Waals surface area contributed by atoms with E-state index >= 15 is 0 Å². The molecule has 0 amide bonds. The van der Waals surface area contributed by atoms with E-state index in [2.05, 4.69) is 0 Å². The van der Waals surface area contributed by atoms with Crippen molar-refractivity contribution in [3.63, 3.8) is 0 Å². The van der Waals surface area contributed by atoms with Crippen LogP contribution in [0.1, 0.15) is 28.7 Å². The zero-order chi connectivity index (χ0) is 14.8. The molecule has 0 aliphatic heterocycles. The monoisotopic (exact) mass is 281 g/mol. The molecule has 3 rings (SSSR count). The van der Waals surface area contributed by atoms with Gasteiger partial charge in [0.2, 0.25) is 0 Å². The Morgan fingerprint density at radius 2 is 1.76 bits per heavy atom. The molecule has 0 bridgehead atoms. The predicted octanol–water partition coefficient (Wildman–Crippen LogP) is 3.52. The van der Waals surface area contributed by atoms with Gasteiger partial charge in [-0.3, -0.25) is 0 Å². The molecule has 0 saturated heterocycles. The highest BCUT2D eigenvalue weighted by Crippen LogP contribution is 2.36. The fourth-order valence-electron chi connectivity index (χ4n) is 2.87. The quantitative estimate of drug-likeness (QED) is 0.769. The molecule has 0 aliphatic carbocycles. The standard InChI is InChI=1S/C18H19NO2/c1-12-6-2-3-7-13(12)15(10-19)18(20)16-11-21-17-9-5-4-8-14(16)17/h2-9,11,15,18,20H,10,19H2,1H3. The maximum Gasteiger partial charge on any atom is 0.134 e. The maximum absolute atomic E-state index is 10.8. The van der Waals surface area contributed by atoms with E-state index in [0.29, 0.717) is 6.54 Å². The number of para-hydroxylation sites is 1. The average molecular weight is 281 g/mol. The average Bonchev–Trinajstić information content (AvgIpc) is 2.93. The summed E-state index contributed by atoms with van der Waals surface area (Å²) in [7, 11) is 0. The van der Waals surface area contributed by atoms with E-state index in [4.69, 9.17) is 10.2 Å². The molecular weight excluding hydrogens is 262 g/mol. The van der Waals surface area contributed by atoms with Crippen molar-refractivity contribution >= 4 is 11.0 Å². The lowest BCUT2D eigenvalue weighted by Crippen LogP contribution is -2.20. The highest BCUT2D eigenvalue weighted by Gasteiger charge is 2.25. The van der Waals surface area contributed by atoms with Crippen LogP contribution in [0.2, 0.25) is 0 Å². The first-order chi connectivity index (χ1) is 10.2. The van der Waals surface area contributed by atoms with Crippen LogP contribution in [0.15, 0.2) is 59.2 Å². The Bertz CT molecular complexity index is 748. The molecule has 2 aromatic carbocycles. The SMILES string of the molecule is Cc1ccccc1C(CN)C(O)c1coc2ccccc12. The molecule has 1 heterocycles. The van der Waals surface area contributed by atoms with Crippen LogP contribution in [0.4, 0.5) is 0 Å². The summed E-state index contributed by atoms with van der Waals surface area (Å²) in [5.74, 6) is -0.146. The van der Waals surface area contributed by atoms with Gasteiger partial charge < -0.3 is 15.3 Å². The summed E-state index contributed by atoms with van der Waals surface area (Å²) in [6.07, 6.45) is 0.954. The molecule has 3 heteroatoms. The largest absolute Gasteiger partial charge is 0.464 e. The number of aliphatic hydroxyl groups excluding tert-OH is 1. The summed E-state index contributed by atoms with van der Waals surface area (Å²) in [5.41, 5.74) is 9.73. The number of furan rings is 1. The van der Waals surface area contributed by atoms with E-state index < -0.39 is 6.10 Å². The molecule has 0 fully saturated rings. The van der Waals surface area contributed by atoms with Crippen molar-refractivity contribution in [2.75, 3.05) is 6.54 Å². The van der Waals surface area contributed by atoms with Crippen LogP contribution in [-0.4, -0.2) is 11.7 Å². The molecule has 0 saturated carbocycles. The summed E-state index contributed by atoms with van der Waals surface area (Å²) >= 11 is 0. The van der Waals surface area contributed by atoms with Crippen molar-refractivity contribution in [2.45, 2.75) is 18.9 Å². The predicted molar refractivity (Wildman–Crippen MR) is 84.1 cm³/mol. The lowest BCUT2D eigenvalue weighted by atomic mass is 9.87. The van der Waals surface area contributed by atoms with Gasteiger partial charge in [0, 0.05) is 23.4 Å².